The van der Waals surface area contributed by atoms with Crippen LogP contribution in [0.4, 0.5) is 0 Å². The Hall–Kier alpha value is -2.62. The third-order valence-electron chi connectivity index (χ3n) is 4.44. The highest BCUT2D eigenvalue weighted by Gasteiger charge is 2.10. The Balaban J connectivity index is 1.38. The first kappa shape index (κ1) is 19.7. The number of hydrogen-bond donors (Lipinski definition) is 2. The number of fused-ring (bicyclic) bond motifs is 1. The number of nitrogens with one attached hydrogen (secondary N) is 2. The molecular weight excluding hydrogens is 424 g/mol. The number of aryl methyl sites for hydroxylation is 1. The summed E-state index contributed by atoms with van der Waals surface area (Å²) in [7, 11) is 0. The van der Waals surface area contributed by atoms with E-state index in [9.17, 15) is 9.59 Å². The van der Waals surface area contributed by atoms with Crippen molar-refractivity contribution in [2.45, 2.75) is 26.4 Å². The number of H-pyrrole nitrogens is 1. The standard InChI is InChI=1S/C20H18N4O2S3/c1-12-22-16(11-28-12)17-7-6-13(29-17)10-21-18(25)8-9-24-19(26)14-4-2-3-5-15(14)23-20(24)27/h2-7,11H,8-10H2,1H3,(H,21,25)(H,23,27). The minimum absolute atomic E-state index is 0.126. The Morgan fingerprint density at radius 2 is 2.10 bits per heavy atom. The van der Waals surface area contributed by atoms with Crippen molar-refractivity contribution in [3.63, 3.8) is 0 Å². The SMILES string of the molecule is Cc1nc(-c2ccc(CNC(=O)CCn3c(=S)[nH]c4ccccc4c3=O)s2)cs1. The lowest BCUT2D eigenvalue weighted by Gasteiger charge is -2.08. The number of carbonyl (C=O) groups is 1. The Morgan fingerprint density at radius 3 is 2.90 bits per heavy atom. The maximum atomic E-state index is 12.6. The molecule has 0 spiro atoms. The molecule has 0 unspecified atom stereocenters. The molecule has 148 valence electrons. The van der Waals surface area contributed by atoms with Crippen LogP contribution in [-0.2, 0) is 17.9 Å². The molecule has 0 saturated heterocycles. The van der Waals surface area contributed by atoms with E-state index >= 15 is 0 Å². The lowest BCUT2D eigenvalue weighted by molar-refractivity contribution is -0.121. The second kappa shape index (κ2) is 8.40. The van der Waals surface area contributed by atoms with E-state index in [0.29, 0.717) is 22.2 Å². The minimum atomic E-state index is -0.182. The maximum absolute atomic E-state index is 12.6. The van der Waals surface area contributed by atoms with Crippen LogP contribution in [0.1, 0.15) is 16.3 Å². The highest BCUT2D eigenvalue weighted by molar-refractivity contribution is 7.71. The fraction of sp³-hybridized carbons (Fsp3) is 0.200. The number of amides is 1. The molecule has 0 atom stereocenters. The summed E-state index contributed by atoms with van der Waals surface area (Å²) in [4.78, 5) is 34.6. The molecule has 0 radical (unpaired) electrons. The van der Waals surface area contributed by atoms with Crippen LogP contribution >= 0.6 is 34.9 Å². The summed E-state index contributed by atoms with van der Waals surface area (Å²) >= 11 is 8.52. The second-order valence-corrected chi connectivity index (χ2v) is 9.09. The molecule has 2 N–H and O–H groups in total. The fourth-order valence-electron chi connectivity index (χ4n) is 2.98. The molecule has 9 heteroatoms. The lowest BCUT2D eigenvalue weighted by atomic mass is 10.2. The Labute approximate surface area is 179 Å². The molecule has 0 saturated carbocycles. The van der Waals surface area contributed by atoms with Gasteiger partial charge in [0.25, 0.3) is 5.56 Å². The van der Waals surface area contributed by atoms with E-state index in [1.54, 1.807) is 34.8 Å². The Bertz CT molecular complexity index is 1300. The molecule has 1 aromatic carbocycles. The van der Waals surface area contributed by atoms with Crippen LogP contribution in [0.5, 0.6) is 0 Å². The summed E-state index contributed by atoms with van der Waals surface area (Å²) < 4.78 is 1.76. The van der Waals surface area contributed by atoms with Crippen molar-refractivity contribution in [1.29, 1.82) is 0 Å². The van der Waals surface area contributed by atoms with Gasteiger partial charge < -0.3 is 10.3 Å². The number of benzene rings is 1. The number of thiazole rings is 1. The molecule has 6 nitrogen and oxygen atoms in total. The summed E-state index contributed by atoms with van der Waals surface area (Å²) in [5, 5.41) is 6.54. The summed E-state index contributed by atoms with van der Waals surface area (Å²) in [5.74, 6) is -0.126. The first-order chi connectivity index (χ1) is 14.0. The number of carbonyl (C=O) groups excluding carboxylic acids is 1. The van der Waals surface area contributed by atoms with Crippen LogP contribution in [0, 0.1) is 11.7 Å². The summed E-state index contributed by atoms with van der Waals surface area (Å²) in [6, 6.07) is 11.2. The van der Waals surface area contributed by atoms with Crippen LogP contribution in [-0.4, -0.2) is 20.4 Å². The van der Waals surface area contributed by atoms with Crippen molar-refractivity contribution in [3.8, 4) is 10.6 Å². The number of rotatable bonds is 6. The van der Waals surface area contributed by atoms with E-state index in [1.165, 1.54) is 4.57 Å². The van der Waals surface area contributed by atoms with Gasteiger partial charge in [-0.05, 0) is 43.4 Å². The minimum Gasteiger partial charge on any atom is -0.351 e. The molecule has 0 aliphatic heterocycles. The van der Waals surface area contributed by atoms with Gasteiger partial charge in [-0.3, -0.25) is 14.2 Å². The van der Waals surface area contributed by atoms with Gasteiger partial charge in [0.15, 0.2) is 4.77 Å². The van der Waals surface area contributed by atoms with Crippen molar-refractivity contribution in [2.75, 3.05) is 0 Å². The van der Waals surface area contributed by atoms with Gasteiger partial charge in [-0.25, -0.2) is 4.98 Å². The largest absolute Gasteiger partial charge is 0.351 e. The van der Waals surface area contributed by atoms with E-state index in [0.717, 1.165) is 20.5 Å². The number of thiophene rings is 1. The number of aromatic nitrogens is 3. The predicted octanol–water partition coefficient (Wildman–Crippen LogP) is 4.26. The van der Waals surface area contributed by atoms with E-state index < -0.39 is 0 Å². The average Bonchev–Trinajstić information content (AvgIpc) is 3.35. The third-order valence-corrected chi connectivity index (χ3v) is 6.65. The zero-order chi connectivity index (χ0) is 20.4. The van der Waals surface area contributed by atoms with Crippen LogP contribution in [0.2, 0.25) is 0 Å². The summed E-state index contributed by atoms with van der Waals surface area (Å²) in [5.41, 5.74) is 1.49. The zero-order valence-corrected chi connectivity index (χ0v) is 18.0. The normalized spacial score (nSPS) is 11.1. The van der Waals surface area contributed by atoms with E-state index in [-0.39, 0.29) is 24.4 Å². The Morgan fingerprint density at radius 1 is 1.28 bits per heavy atom. The summed E-state index contributed by atoms with van der Waals surface area (Å²) in [6.45, 7) is 2.67. The molecule has 1 amide bonds. The smallest absolute Gasteiger partial charge is 0.262 e. The molecule has 0 aliphatic rings. The molecule has 4 aromatic rings. The van der Waals surface area contributed by atoms with Gasteiger partial charge in [0.1, 0.15) is 0 Å². The van der Waals surface area contributed by atoms with E-state index in [2.05, 4.69) is 15.3 Å². The third kappa shape index (κ3) is 4.36. The van der Waals surface area contributed by atoms with Crippen LogP contribution in [0.3, 0.4) is 0 Å². The molecule has 4 rings (SSSR count). The van der Waals surface area contributed by atoms with Crippen molar-refractivity contribution in [1.82, 2.24) is 19.9 Å². The van der Waals surface area contributed by atoms with Gasteiger partial charge in [0, 0.05) is 23.2 Å². The molecule has 29 heavy (non-hydrogen) atoms. The molecule has 0 bridgehead atoms. The van der Waals surface area contributed by atoms with Crippen molar-refractivity contribution < 1.29 is 4.79 Å². The number of hydrogen-bond acceptors (Lipinski definition) is 6. The number of aromatic amines is 1. The summed E-state index contributed by atoms with van der Waals surface area (Å²) in [6.07, 6.45) is 0.180. The second-order valence-electron chi connectivity index (χ2n) is 6.48. The molecule has 0 aliphatic carbocycles. The highest BCUT2D eigenvalue weighted by atomic mass is 32.1. The topological polar surface area (TPSA) is 79.8 Å². The average molecular weight is 443 g/mol. The van der Waals surface area contributed by atoms with Gasteiger partial charge in [-0.15, -0.1) is 22.7 Å². The quantitative estimate of drug-likeness (QED) is 0.437. The molecule has 3 aromatic heterocycles. The van der Waals surface area contributed by atoms with Crippen LogP contribution < -0.4 is 10.9 Å². The molecule has 0 fully saturated rings. The lowest BCUT2D eigenvalue weighted by Crippen LogP contribution is -2.27. The van der Waals surface area contributed by atoms with Crippen molar-refractivity contribution in [2.24, 2.45) is 0 Å². The number of nitrogens with zero attached hydrogens (tertiary/aromatic N) is 2. The molecule has 3 heterocycles. The predicted molar refractivity (Wildman–Crippen MR) is 120 cm³/mol. The maximum Gasteiger partial charge on any atom is 0.262 e. The van der Waals surface area contributed by atoms with Crippen molar-refractivity contribution in [3.05, 3.63) is 66.8 Å². The molecular formula is C20H18N4O2S3. The van der Waals surface area contributed by atoms with Crippen LogP contribution in [0.25, 0.3) is 21.5 Å². The van der Waals surface area contributed by atoms with Gasteiger partial charge in [0.2, 0.25) is 5.91 Å². The first-order valence-corrected chi connectivity index (χ1v) is 11.1. The monoisotopic (exact) mass is 442 g/mol. The van der Waals surface area contributed by atoms with Gasteiger partial charge in [0.05, 0.1) is 33.0 Å². The Kier molecular flexibility index (Phi) is 5.70. The fourth-order valence-corrected chi connectivity index (χ4v) is 4.86. The first-order valence-electron chi connectivity index (χ1n) is 9.01. The van der Waals surface area contributed by atoms with E-state index in [1.807, 2.05) is 36.6 Å². The number of para-hydroxylation sites is 1. The van der Waals surface area contributed by atoms with Crippen molar-refractivity contribution >= 4 is 51.7 Å². The van der Waals surface area contributed by atoms with Gasteiger partial charge in [-0.2, -0.15) is 0 Å². The van der Waals surface area contributed by atoms with Gasteiger partial charge in [-0.1, -0.05) is 12.1 Å². The van der Waals surface area contributed by atoms with Crippen LogP contribution in [0.15, 0.2) is 46.6 Å². The zero-order valence-electron chi connectivity index (χ0n) is 15.6. The highest BCUT2D eigenvalue weighted by Crippen LogP contribution is 2.28. The van der Waals surface area contributed by atoms with Gasteiger partial charge >= 0.3 is 0 Å². The van der Waals surface area contributed by atoms with E-state index in [4.69, 9.17) is 12.2 Å².